The topological polar surface area (TPSA) is 102 Å². The molecule has 2 aliphatic rings. The van der Waals surface area contributed by atoms with Gasteiger partial charge in [-0.2, -0.15) is 0 Å². The van der Waals surface area contributed by atoms with Crippen molar-refractivity contribution in [2.24, 2.45) is 11.8 Å². The monoisotopic (exact) mass is 406 g/mol. The molecule has 2 fully saturated rings. The van der Waals surface area contributed by atoms with Crippen LogP contribution in [0.5, 0.6) is 0 Å². The number of rotatable bonds is 5. The van der Waals surface area contributed by atoms with Gasteiger partial charge in [-0.25, -0.2) is 24.9 Å². The zero-order valence-corrected chi connectivity index (χ0v) is 17.5. The highest BCUT2D eigenvalue weighted by Gasteiger charge is 2.43. The summed E-state index contributed by atoms with van der Waals surface area (Å²) in [4.78, 5) is 36.9. The summed E-state index contributed by atoms with van der Waals surface area (Å²) in [6.07, 6.45) is 7.08. The molecule has 1 saturated heterocycles. The Kier molecular flexibility index (Phi) is 4.60. The molecule has 9 nitrogen and oxygen atoms in total. The number of likely N-dealkylation sites (tertiary alicyclic amines) is 1. The second-order valence-electron chi connectivity index (χ2n) is 8.33. The van der Waals surface area contributed by atoms with E-state index in [1.807, 2.05) is 11.8 Å². The number of carbonyl (C=O) groups excluding carboxylic acids is 1. The Balaban J connectivity index is 1.41. The molecule has 1 aliphatic heterocycles. The molecule has 3 aromatic rings. The normalized spacial score (nSPS) is 23.2. The average Bonchev–Trinajstić information content (AvgIpc) is 3.14. The van der Waals surface area contributed by atoms with E-state index in [9.17, 15) is 4.79 Å². The van der Waals surface area contributed by atoms with Crippen LogP contribution >= 0.6 is 0 Å². The lowest BCUT2D eigenvalue weighted by molar-refractivity contribution is -0.131. The number of aromatic nitrogens is 6. The van der Waals surface area contributed by atoms with Crippen molar-refractivity contribution in [3.63, 3.8) is 0 Å². The molecule has 30 heavy (non-hydrogen) atoms. The van der Waals surface area contributed by atoms with Crippen molar-refractivity contribution in [1.29, 1.82) is 0 Å². The quantitative estimate of drug-likeness (QED) is 0.693. The number of hydrogen-bond donors (Lipinski definition) is 1. The first-order chi connectivity index (χ1) is 14.5. The van der Waals surface area contributed by atoms with E-state index in [0.717, 1.165) is 54.3 Å². The van der Waals surface area contributed by atoms with Gasteiger partial charge < -0.3 is 14.8 Å². The van der Waals surface area contributed by atoms with Crippen LogP contribution < -0.4 is 5.32 Å². The molecule has 4 heterocycles. The Labute approximate surface area is 175 Å². The molecule has 3 atom stereocenters. The van der Waals surface area contributed by atoms with Crippen LogP contribution in [0.1, 0.15) is 32.5 Å². The van der Waals surface area contributed by atoms with Crippen LogP contribution in [0.4, 0.5) is 5.82 Å². The third-order valence-electron chi connectivity index (χ3n) is 6.15. The SMILES string of the molecule is CCn1c(-c2cnc(C)nc2)nc2c(N[C@H]3CCN(C(=O)[C@@H]4C[C@@H]4C)C3)ncnc21. The zero-order valence-electron chi connectivity index (χ0n) is 17.5. The second kappa shape index (κ2) is 7.30. The molecule has 9 heteroatoms. The molecular formula is C21H26N8O. The summed E-state index contributed by atoms with van der Waals surface area (Å²) in [5, 5.41) is 3.51. The Bertz CT molecular complexity index is 1090. The maximum absolute atomic E-state index is 12.5. The molecule has 0 spiro atoms. The van der Waals surface area contributed by atoms with Gasteiger partial charge in [-0.1, -0.05) is 6.92 Å². The van der Waals surface area contributed by atoms with E-state index < -0.39 is 0 Å². The number of amides is 1. The highest BCUT2D eigenvalue weighted by Crippen LogP contribution is 2.40. The van der Waals surface area contributed by atoms with Crippen molar-refractivity contribution >= 4 is 22.9 Å². The molecule has 0 bridgehead atoms. The zero-order chi connectivity index (χ0) is 20.8. The van der Waals surface area contributed by atoms with Crippen LogP contribution in [0.3, 0.4) is 0 Å². The highest BCUT2D eigenvalue weighted by molar-refractivity contribution is 5.86. The van der Waals surface area contributed by atoms with Crippen LogP contribution in [0.2, 0.25) is 0 Å². The van der Waals surface area contributed by atoms with Gasteiger partial charge in [0.2, 0.25) is 5.91 Å². The van der Waals surface area contributed by atoms with Crippen LogP contribution in [0.25, 0.3) is 22.6 Å². The Morgan fingerprint density at radius 1 is 1.23 bits per heavy atom. The summed E-state index contributed by atoms with van der Waals surface area (Å²) >= 11 is 0. The van der Waals surface area contributed by atoms with E-state index in [1.165, 1.54) is 0 Å². The molecule has 1 N–H and O–H groups in total. The van der Waals surface area contributed by atoms with Crippen molar-refractivity contribution in [1.82, 2.24) is 34.4 Å². The molecule has 1 amide bonds. The van der Waals surface area contributed by atoms with Crippen molar-refractivity contribution in [3.05, 3.63) is 24.5 Å². The van der Waals surface area contributed by atoms with Gasteiger partial charge in [0.05, 0.1) is 5.56 Å². The lowest BCUT2D eigenvalue weighted by atomic mass is 10.2. The maximum Gasteiger partial charge on any atom is 0.226 e. The molecule has 3 aromatic heterocycles. The van der Waals surface area contributed by atoms with Gasteiger partial charge in [0.1, 0.15) is 18.0 Å². The lowest BCUT2D eigenvalue weighted by Crippen LogP contribution is -2.33. The fourth-order valence-corrected chi connectivity index (χ4v) is 4.24. The second-order valence-corrected chi connectivity index (χ2v) is 8.33. The van der Waals surface area contributed by atoms with Crippen molar-refractivity contribution in [2.45, 2.75) is 46.2 Å². The van der Waals surface area contributed by atoms with Gasteiger partial charge in [0.15, 0.2) is 17.0 Å². The number of nitrogens with zero attached hydrogens (tertiary/aromatic N) is 7. The van der Waals surface area contributed by atoms with Gasteiger partial charge in [-0.15, -0.1) is 0 Å². The van der Waals surface area contributed by atoms with E-state index in [1.54, 1.807) is 18.7 Å². The minimum absolute atomic E-state index is 0.166. The van der Waals surface area contributed by atoms with Gasteiger partial charge in [0.25, 0.3) is 0 Å². The Hall–Kier alpha value is -3.10. The molecular weight excluding hydrogens is 380 g/mol. The molecule has 1 aliphatic carbocycles. The van der Waals surface area contributed by atoms with E-state index >= 15 is 0 Å². The summed E-state index contributed by atoms with van der Waals surface area (Å²) in [6, 6.07) is 0.166. The smallest absolute Gasteiger partial charge is 0.226 e. The van der Waals surface area contributed by atoms with Crippen molar-refractivity contribution < 1.29 is 4.79 Å². The largest absolute Gasteiger partial charge is 0.364 e. The van der Waals surface area contributed by atoms with E-state index in [4.69, 9.17) is 4.98 Å². The minimum atomic E-state index is 0.166. The predicted molar refractivity (Wildman–Crippen MR) is 113 cm³/mol. The first-order valence-electron chi connectivity index (χ1n) is 10.6. The summed E-state index contributed by atoms with van der Waals surface area (Å²) in [6.45, 7) is 8.30. The average molecular weight is 406 g/mol. The first-order valence-corrected chi connectivity index (χ1v) is 10.6. The molecule has 1 saturated carbocycles. The molecule has 0 aromatic carbocycles. The summed E-state index contributed by atoms with van der Waals surface area (Å²) in [7, 11) is 0. The number of fused-ring (bicyclic) bond motifs is 1. The van der Waals surface area contributed by atoms with Crippen molar-refractivity contribution in [3.8, 4) is 11.4 Å². The van der Waals surface area contributed by atoms with Gasteiger partial charge >= 0.3 is 0 Å². The van der Waals surface area contributed by atoms with Gasteiger partial charge in [-0.3, -0.25) is 4.79 Å². The van der Waals surface area contributed by atoms with Gasteiger partial charge in [0, 0.05) is 44.0 Å². The van der Waals surface area contributed by atoms with Crippen LogP contribution in [0, 0.1) is 18.8 Å². The van der Waals surface area contributed by atoms with E-state index in [-0.39, 0.29) is 12.0 Å². The molecule has 5 rings (SSSR count). The number of hydrogen-bond acceptors (Lipinski definition) is 7. The Morgan fingerprint density at radius 3 is 2.70 bits per heavy atom. The fraction of sp³-hybridized carbons (Fsp3) is 0.524. The lowest BCUT2D eigenvalue weighted by Gasteiger charge is -2.17. The summed E-state index contributed by atoms with van der Waals surface area (Å²) in [5.41, 5.74) is 2.36. The molecule has 156 valence electrons. The van der Waals surface area contributed by atoms with Crippen LogP contribution in [-0.4, -0.2) is 59.4 Å². The Morgan fingerprint density at radius 2 is 2.00 bits per heavy atom. The third kappa shape index (κ3) is 3.28. The first kappa shape index (κ1) is 18.9. The fourth-order valence-electron chi connectivity index (χ4n) is 4.24. The number of nitrogens with one attached hydrogen (secondary N) is 1. The number of anilines is 1. The summed E-state index contributed by atoms with van der Waals surface area (Å²) < 4.78 is 2.05. The number of aryl methyl sites for hydroxylation is 2. The maximum atomic E-state index is 12.5. The number of imidazole rings is 1. The highest BCUT2D eigenvalue weighted by atomic mass is 16.2. The predicted octanol–water partition coefficient (Wildman–Crippen LogP) is 2.28. The van der Waals surface area contributed by atoms with Crippen LogP contribution in [-0.2, 0) is 11.3 Å². The summed E-state index contributed by atoms with van der Waals surface area (Å²) in [5.74, 6) is 3.28. The standard InChI is InChI=1S/C21H26N8O/c1-4-29-19(14-8-22-13(3)23-9-14)27-17-18(24-11-25-20(17)29)26-15-5-6-28(10-15)21(30)16-7-12(16)2/h8-9,11-12,15-16H,4-7,10H2,1-3H3,(H,24,25,26)/t12-,15-,16+/m0/s1. The number of carbonyl (C=O) groups is 1. The third-order valence-corrected chi connectivity index (χ3v) is 6.15. The van der Waals surface area contributed by atoms with Crippen LogP contribution in [0.15, 0.2) is 18.7 Å². The van der Waals surface area contributed by atoms with Gasteiger partial charge in [-0.05, 0) is 32.6 Å². The molecule has 0 radical (unpaired) electrons. The van der Waals surface area contributed by atoms with E-state index in [2.05, 4.69) is 43.7 Å². The van der Waals surface area contributed by atoms with E-state index in [0.29, 0.717) is 24.2 Å². The molecule has 0 unspecified atom stereocenters. The van der Waals surface area contributed by atoms with Crippen molar-refractivity contribution in [2.75, 3.05) is 18.4 Å². The minimum Gasteiger partial charge on any atom is -0.364 e.